The summed E-state index contributed by atoms with van der Waals surface area (Å²) in [6.45, 7) is 0.937. The standard InChI is InChI=1S/C11H13BrFN/c12-11-4-1-9(13)7-8(11)5-6-14-10-2-3-10/h1,4,7,10,14H,2-3,5-6H2. The van der Waals surface area contributed by atoms with Crippen molar-refractivity contribution in [3.05, 3.63) is 34.1 Å². The molecule has 0 atom stereocenters. The number of rotatable bonds is 4. The quantitative estimate of drug-likeness (QED) is 0.875. The van der Waals surface area contributed by atoms with Gasteiger partial charge in [0.2, 0.25) is 0 Å². The highest BCUT2D eigenvalue weighted by atomic mass is 79.9. The zero-order chi connectivity index (χ0) is 9.97. The fourth-order valence-electron chi connectivity index (χ4n) is 1.43. The number of hydrogen-bond acceptors (Lipinski definition) is 1. The second-order valence-electron chi connectivity index (χ2n) is 3.71. The maximum absolute atomic E-state index is 12.9. The molecule has 3 heteroatoms. The van der Waals surface area contributed by atoms with Crippen LogP contribution in [0.25, 0.3) is 0 Å². The van der Waals surface area contributed by atoms with Crippen molar-refractivity contribution in [2.24, 2.45) is 0 Å². The molecule has 1 aliphatic rings. The third-order valence-electron chi connectivity index (χ3n) is 2.41. The molecular formula is C11H13BrFN. The number of hydrogen-bond donors (Lipinski definition) is 1. The first-order valence-corrected chi connectivity index (χ1v) is 5.72. The van der Waals surface area contributed by atoms with E-state index in [1.54, 1.807) is 12.1 Å². The van der Waals surface area contributed by atoms with Crippen molar-refractivity contribution >= 4 is 15.9 Å². The van der Waals surface area contributed by atoms with Crippen LogP contribution in [0, 0.1) is 5.82 Å². The van der Waals surface area contributed by atoms with Gasteiger partial charge in [-0.3, -0.25) is 0 Å². The first-order valence-electron chi connectivity index (χ1n) is 4.93. The molecule has 1 N–H and O–H groups in total. The molecule has 0 radical (unpaired) electrons. The van der Waals surface area contributed by atoms with Gasteiger partial charge >= 0.3 is 0 Å². The van der Waals surface area contributed by atoms with Crippen LogP contribution in [-0.4, -0.2) is 12.6 Å². The molecule has 76 valence electrons. The monoisotopic (exact) mass is 257 g/mol. The van der Waals surface area contributed by atoms with E-state index in [9.17, 15) is 4.39 Å². The van der Waals surface area contributed by atoms with Gasteiger partial charge in [-0.2, -0.15) is 0 Å². The van der Waals surface area contributed by atoms with Gasteiger partial charge in [-0.25, -0.2) is 4.39 Å². The van der Waals surface area contributed by atoms with Gasteiger partial charge in [0, 0.05) is 10.5 Å². The van der Waals surface area contributed by atoms with E-state index in [-0.39, 0.29) is 5.82 Å². The molecule has 0 unspecified atom stereocenters. The van der Waals surface area contributed by atoms with Gasteiger partial charge in [0.15, 0.2) is 0 Å². The summed E-state index contributed by atoms with van der Waals surface area (Å²) in [7, 11) is 0. The molecule has 2 rings (SSSR count). The SMILES string of the molecule is Fc1ccc(Br)c(CCNC2CC2)c1. The van der Waals surface area contributed by atoms with E-state index in [1.807, 2.05) is 0 Å². The van der Waals surface area contributed by atoms with Crippen molar-refractivity contribution in [2.75, 3.05) is 6.54 Å². The summed E-state index contributed by atoms with van der Waals surface area (Å²) in [4.78, 5) is 0. The molecule has 1 nitrogen and oxygen atoms in total. The minimum absolute atomic E-state index is 0.158. The zero-order valence-corrected chi connectivity index (χ0v) is 9.48. The van der Waals surface area contributed by atoms with Crippen molar-refractivity contribution in [1.29, 1.82) is 0 Å². The third kappa shape index (κ3) is 2.79. The molecule has 0 spiro atoms. The first-order chi connectivity index (χ1) is 6.75. The van der Waals surface area contributed by atoms with Gasteiger partial charge in [-0.15, -0.1) is 0 Å². The largest absolute Gasteiger partial charge is 0.314 e. The molecule has 0 bridgehead atoms. The molecule has 0 heterocycles. The van der Waals surface area contributed by atoms with E-state index >= 15 is 0 Å². The van der Waals surface area contributed by atoms with Crippen LogP contribution in [-0.2, 0) is 6.42 Å². The lowest BCUT2D eigenvalue weighted by molar-refractivity contribution is 0.621. The van der Waals surface area contributed by atoms with Crippen molar-refractivity contribution in [1.82, 2.24) is 5.32 Å². The van der Waals surface area contributed by atoms with E-state index in [0.29, 0.717) is 0 Å². The maximum atomic E-state index is 12.9. The molecule has 1 aliphatic carbocycles. The average Bonchev–Trinajstić information content (AvgIpc) is 2.95. The Labute approximate surface area is 91.8 Å². The van der Waals surface area contributed by atoms with Crippen molar-refractivity contribution in [3.8, 4) is 0 Å². The Bertz CT molecular complexity index is 323. The number of nitrogens with one attached hydrogen (secondary N) is 1. The smallest absolute Gasteiger partial charge is 0.123 e. The van der Waals surface area contributed by atoms with Gasteiger partial charge in [-0.05, 0) is 49.6 Å². The highest BCUT2D eigenvalue weighted by Crippen LogP contribution is 2.20. The summed E-state index contributed by atoms with van der Waals surface area (Å²) in [6.07, 6.45) is 3.48. The predicted octanol–water partition coefficient (Wildman–Crippen LogP) is 2.88. The second-order valence-corrected chi connectivity index (χ2v) is 4.57. The maximum Gasteiger partial charge on any atom is 0.123 e. The summed E-state index contributed by atoms with van der Waals surface area (Å²) in [5.41, 5.74) is 1.04. The zero-order valence-electron chi connectivity index (χ0n) is 7.89. The normalized spacial score (nSPS) is 15.9. The molecular weight excluding hydrogens is 245 g/mol. The Balaban J connectivity index is 1.89. The first kappa shape index (κ1) is 10.1. The van der Waals surface area contributed by atoms with Gasteiger partial charge < -0.3 is 5.32 Å². The Morgan fingerprint density at radius 1 is 1.43 bits per heavy atom. The molecule has 1 aromatic rings. The van der Waals surface area contributed by atoms with E-state index in [4.69, 9.17) is 0 Å². The predicted molar refractivity (Wildman–Crippen MR) is 58.8 cm³/mol. The fraction of sp³-hybridized carbons (Fsp3) is 0.455. The van der Waals surface area contributed by atoms with Crippen LogP contribution in [0.5, 0.6) is 0 Å². The van der Waals surface area contributed by atoms with Crippen LogP contribution < -0.4 is 5.32 Å². The number of benzene rings is 1. The topological polar surface area (TPSA) is 12.0 Å². The van der Waals surface area contributed by atoms with Crippen molar-refractivity contribution in [2.45, 2.75) is 25.3 Å². The Kier molecular flexibility index (Phi) is 3.19. The highest BCUT2D eigenvalue weighted by Gasteiger charge is 2.19. The Hall–Kier alpha value is -0.410. The summed E-state index contributed by atoms with van der Waals surface area (Å²) >= 11 is 3.42. The van der Waals surface area contributed by atoms with Crippen LogP contribution in [0.1, 0.15) is 18.4 Å². The molecule has 0 aromatic heterocycles. The van der Waals surface area contributed by atoms with Crippen LogP contribution in [0.4, 0.5) is 4.39 Å². The fourth-order valence-corrected chi connectivity index (χ4v) is 1.88. The molecule has 1 aromatic carbocycles. The minimum Gasteiger partial charge on any atom is -0.314 e. The minimum atomic E-state index is -0.158. The molecule has 1 fully saturated rings. The highest BCUT2D eigenvalue weighted by molar-refractivity contribution is 9.10. The summed E-state index contributed by atoms with van der Waals surface area (Å²) in [5.74, 6) is -0.158. The number of halogens is 2. The lowest BCUT2D eigenvalue weighted by Gasteiger charge is -2.05. The Morgan fingerprint density at radius 3 is 2.93 bits per heavy atom. The van der Waals surface area contributed by atoms with E-state index in [0.717, 1.165) is 29.0 Å². The second kappa shape index (κ2) is 4.41. The molecule has 0 saturated heterocycles. The van der Waals surface area contributed by atoms with Crippen LogP contribution in [0.2, 0.25) is 0 Å². The Morgan fingerprint density at radius 2 is 2.21 bits per heavy atom. The lowest BCUT2D eigenvalue weighted by atomic mass is 10.1. The molecule has 1 saturated carbocycles. The molecule has 0 amide bonds. The van der Waals surface area contributed by atoms with Gasteiger partial charge in [0.05, 0.1) is 0 Å². The summed E-state index contributed by atoms with van der Waals surface area (Å²) in [6, 6.07) is 5.56. The van der Waals surface area contributed by atoms with Crippen LogP contribution in [0.3, 0.4) is 0 Å². The molecule has 14 heavy (non-hydrogen) atoms. The third-order valence-corrected chi connectivity index (χ3v) is 3.19. The van der Waals surface area contributed by atoms with Crippen LogP contribution in [0.15, 0.2) is 22.7 Å². The average molecular weight is 258 g/mol. The van der Waals surface area contributed by atoms with Gasteiger partial charge in [0.25, 0.3) is 0 Å². The van der Waals surface area contributed by atoms with E-state index in [2.05, 4.69) is 21.2 Å². The summed E-state index contributed by atoms with van der Waals surface area (Å²) < 4.78 is 13.9. The summed E-state index contributed by atoms with van der Waals surface area (Å²) in [5, 5.41) is 3.41. The molecule has 0 aliphatic heterocycles. The van der Waals surface area contributed by atoms with Crippen molar-refractivity contribution < 1.29 is 4.39 Å². The van der Waals surface area contributed by atoms with Crippen molar-refractivity contribution in [3.63, 3.8) is 0 Å². The van der Waals surface area contributed by atoms with E-state index in [1.165, 1.54) is 18.9 Å². The van der Waals surface area contributed by atoms with Crippen LogP contribution >= 0.6 is 15.9 Å². The van der Waals surface area contributed by atoms with E-state index < -0.39 is 0 Å². The lowest BCUT2D eigenvalue weighted by Crippen LogP contribution is -2.19. The van der Waals surface area contributed by atoms with Gasteiger partial charge in [0.1, 0.15) is 5.82 Å². The van der Waals surface area contributed by atoms with Gasteiger partial charge in [-0.1, -0.05) is 15.9 Å².